The molecule has 7 heteroatoms. The fourth-order valence-electron chi connectivity index (χ4n) is 1.85. The topological polar surface area (TPSA) is 72.5 Å². The van der Waals surface area contributed by atoms with Crippen LogP contribution >= 0.6 is 11.3 Å². The van der Waals surface area contributed by atoms with Crippen molar-refractivity contribution < 1.29 is 14.1 Å². The van der Waals surface area contributed by atoms with Crippen molar-refractivity contribution in [2.75, 3.05) is 20.1 Å². The zero-order chi connectivity index (χ0) is 15.2. The second-order valence-corrected chi connectivity index (χ2v) is 5.97. The van der Waals surface area contributed by atoms with E-state index >= 15 is 0 Å². The zero-order valence-electron chi connectivity index (χ0n) is 12.5. The van der Waals surface area contributed by atoms with Gasteiger partial charge in [0.1, 0.15) is 0 Å². The highest BCUT2D eigenvalue weighted by molar-refractivity contribution is 7.13. The molecule has 6 nitrogen and oxygen atoms in total. The van der Waals surface area contributed by atoms with E-state index < -0.39 is 0 Å². The molecule has 0 aliphatic carbocycles. The van der Waals surface area contributed by atoms with Crippen LogP contribution in [0.25, 0.3) is 10.8 Å². The molecule has 0 aromatic carbocycles. The second-order valence-electron chi connectivity index (χ2n) is 5.02. The van der Waals surface area contributed by atoms with Crippen molar-refractivity contribution in [3.05, 3.63) is 23.4 Å². The predicted molar refractivity (Wildman–Crippen MR) is 81.1 cm³/mol. The summed E-state index contributed by atoms with van der Waals surface area (Å²) in [5.41, 5.74) is 0. The molecule has 0 aliphatic rings. The van der Waals surface area contributed by atoms with E-state index in [9.17, 15) is 4.79 Å². The summed E-state index contributed by atoms with van der Waals surface area (Å²) >= 11 is 1.56. The maximum absolute atomic E-state index is 11.7. The summed E-state index contributed by atoms with van der Waals surface area (Å²) in [6.45, 7) is 5.11. The van der Waals surface area contributed by atoms with Gasteiger partial charge in [-0.25, -0.2) is 0 Å². The Morgan fingerprint density at radius 3 is 3.00 bits per heavy atom. The fraction of sp³-hybridized carbons (Fsp3) is 0.500. The number of rotatable bonds is 7. The Bertz CT molecular complexity index is 567. The van der Waals surface area contributed by atoms with Gasteiger partial charge in [-0.1, -0.05) is 13.0 Å². The molecule has 2 N–H and O–H groups in total. The van der Waals surface area contributed by atoms with Gasteiger partial charge in [-0.3, -0.25) is 4.79 Å². The molecule has 0 radical (unpaired) electrons. The first-order chi connectivity index (χ1) is 10.1. The van der Waals surface area contributed by atoms with Crippen LogP contribution < -0.4 is 10.2 Å². The number of hydrogen-bond donors (Lipinski definition) is 2. The lowest BCUT2D eigenvalue weighted by Crippen LogP contribution is -3.10. The summed E-state index contributed by atoms with van der Waals surface area (Å²) in [5.74, 6) is 1.13. The third kappa shape index (κ3) is 4.12. The normalized spacial score (nSPS) is 13.9. The van der Waals surface area contributed by atoms with Gasteiger partial charge in [0.05, 0.1) is 11.9 Å². The van der Waals surface area contributed by atoms with Gasteiger partial charge in [0, 0.05) is 6.54 Å². The van der Waals surface area contributed by atoms with Gasteiger partial charge in [0.25, 0.3) is 17.7 Å². The second kappa shape index (κ2) is 7.33. The summed E-state index contributed by atoms with van der Waals surface area (Å²) < 4.78 is 5.71. The Morgan fingerprint density at radius 2 is 2.33 bits per heavy atom. The SMILES string of the molecule is CCCNC(=O)C[NH+](C)[C@H](C)c1nnc(-c2cccs2)o1. The lowest BCUT2D eigenvalue weighted by atomic mass is 10.3. The van der Waals surface area contributed by atoms with Crippen LogP contribution in [0.5, 0.6) is 0 Å². The Labute approximate surface area is 128 Å². The Kier molecular flexibility index (Phi) is 5.46. The molecule has 114 valence electrons. The molecule has 1 amide bonds. The van der Waals surface area contributed by atoms with Crippen molar-refractivity contribution in [1.82, 2.24) is 15.5 Å². The van der Waals surface area contributed by atoms with Crippen molar-refractivity contribution in [1.29, 1.82) is 0 Å². The fourth-order valence-corrected chi connectivity index (χ4v) is 2.50. The number of likely N-dealkylation sites (N-methyl/N-ethyl adjacent to an activating group) is 1. The maximum Gasteiger partial charge on any atom is 0.275 e. The number of quaternary nitrogens is 1. The van der Waals surface area contributed by atoms with Gasteiger partial charge in [-0.2, -0.15) is 0 Å². The molecule has 0 bridgehead atoms. The zero-order valence-corrected chi connectivity index (χ0v) is 13.4. The van der Waals surface area contributed by atoms with E-state index in [1.165, 1.54) is 0 Å². The molecule has 2 aromatic heterocycles. The molecule has 2 aromatic rings. The van der Waals surface area contributed by atoms with Crippen LogP contribution in [-0.4, -0.2) is 36.2 Å². The minimum atomic E-state index is -0.0291. The first-order valence-corrected chi connectivity index (χ1v) is 7.96. The summed E-state index contributed by atoms with van der Waals surface area (Å²) in [5, 5.41) is 13.0. The van der Waals surface area contributed by atoms with E-state index in [0.717, 1.165) is 16.2 Å². The number of nitrogens with one attached hydrogen (secondary N) is 2. The number of amides is 1. The number of nitrogens with zero attached hydrogens (tertiary/aromatic N) is 2. The lowest BCUT2D eigenvalue weighted by molar-refractivity contribution is -0.903. The largest absolute Gasteiger partial charge is 0.414 e. The van der Waals surface area contributed by atoms with E-state index in [2.05, 4.69) is 15.5 Å². The summed E-state index contributed by atoms with van der Waals surface area (Å²) in [7, 11) is 1.95. The molecule has 2 atom stereocenters. The van der Waals surface area contributed by atoms with Gasteiger partial charge in [0.2, 0.25) is 0 Å². The molecule has 0 fully saturated rings. The van der Waals surface area contributed by atoms with Gasteiger partial charge in [-0.05, 0) is 24.8 Å². The van der Waals surface area contributed by atoms with Crippen LogP contribution in [0.15, 0.2) is 21.9 Å². The molecule has 0 spiro atoms. The quantitative estimate of drug-likeness (QED) is 0.797. The number of aromatic nitrogens is 2. The third-order valence-corrected chi connectivity index (χ3v) is 4.15. The third-order valence-electron chi connectivity index (χ3n) is 3.29. The van der Waals surface area contributed by atoms with Crippen molar-refractivity contribution in [3.8, 4) is 10.8 Å². The van der Waals surface area contributed by atoms with Crippen LogP contribution in [-0.2, 0) is 4.79 Å². The smallest absolute Gasteiger partial charge is 0.275 e. The Hall–Kier alpha value is -1.73. The Balaban J connectivity index is 1.96. The number of carbonyl (C=O) groups is 1. The van der Waals surface area contributed by atoms with Crippen molar-refractivity contribution in [3.63, 3.8) is 0 Å². The Morgan fingerprint density at radius 1 is 1.52 bits per heavy atom. The van der Waals surface area contributed by atoms with Gasteiger partial charge < -0.3 is 14.6 Å². The highest BCUT2D eigenvalue weighted by Gasteiger charge is 2.24. The molecule has 2 heterocycles. The van der Waals surface area contributed by atoms with E-state index in [-0.39, 0.29) is 11.9 Å². The molecule has 2 rings (SSSR count). The molecule has 0 saturated carbocycles. The van der Waals surface area contributed by atoms with Crippen molar-refractivity contribution in [2.24, 2.45) is 0 Å². The average Bonchev–Trinajstić information content (AvgIpc) is 3.14. The summed E-state index contributed by atoms with van der Waals surface area (Å²) in [6, 6.07) is 3.86. The van der Waals surface area contributed by atoms with Crippen molar-refractivity contribution in [2.45, 2.75) is 26.3 Å². The number of carbonyl (C=O) groups excluding carboxylic acids is 1. The highest BCUT2D eigenvalue weighted by atomic mass is 32.1. The average molecular weight is 309 g/mol. The standard InChI is InChI=1S/C14H20N4O2S/c1-4-7-15-12(19)9-18(3)10(2)13-16-17-14(20-13)11-6-5-8-21-11/h5-6,8,10H,4,7,9H2,1-3H3,(H,15,19)/p+1/t10-/m1/s1. The van der Waals surface area contributed by atoms with Gasteiger partial charge in [-0.15, -0.1) is 21.5 Å². The monoisotopic (exact) mass is 309 g/mol. The maximum atomic E-state index is 11.7. The minimum absolute atomic E-state index is 0.0291. The highest BCUT2D eigenvalue weighted by Crippen LogP contribution is 2.23. The van der Waals surface area contributed by atoms with Gasteiger partial charge >= 0.3 is 0 Å². The van der Waals surface area contributed by atoms with Gasteiger partial charge in [0.15, 0.2) is 12.6 Å². The molecule has 0 aliphatic heterocycles. The first kappa shape index (κ1) is 15.7. The van der Waals surface area contributed by atoms with Crippen LogP contribution in [0.1, 0.15) is 32.2 Å². The minimum Gasteiger partial charge on any atom is -0.414 e. The van der Waals surface area contributed by atoms with E-state index in [0.29, 0.717) is 24.9 Å². The first-order valence-electron chi connectivity index (χ1n) is 7.08. The summed E-state index contributed by atoms with van der Waals surface area (Å²) in [4.78, 5) is 13.7. The van der Waals surface area contributed by atoms with E-state index in [4.69, 9.17) is 4.42 Å². The predicted octanol–water partition coefficient (Wildman–Crippen LogP) is 0.900. The molecule has 0 saturated heterocycles. The van der Waals surface area contributed by atoms with Crippen LogP contribution in [0.3, 0.4) is 0 Å². The molecular formula is C14H21N4O2S+. The van der Waals surface area contributed by atoms with Crippen LogP contribution in [0.4, 0.5) is 0 Å². The van der Waals surface area contributed by atoms with Crippen LogP contribution in [0.2, 0.25) is 0 Å². The van der Waals surface area contributed by atoms with Crippen LogP contribution in [0, 0.1) is 0 Å². The summed E-state index contributed by atoms with van der Waals surface area (Å²) in [6.07, 6.45) is 0.939. The van der Waals surface area contributed by atoms with E-state index in [1.807, 2.05) is 38.4 Å². The molecular weight excluding hydrogens is 288 g/mol. The number of hydrogen-bond acceptors (Lipinski definition) is 5. The lowest BCUT2D eigenvalue weighted by Gasteiger charge is -2.18. The van der Waals surface area contributed by atoms with E-state index in [1.54, 1.807) is 11.3 Å². The van der Waals surface area contributed by atoms with Crippen molar-refractivity contribution >= 4 is 17.2 Å². The molecule has 1 unspecified atom stereocenters. The molecule has 21 heavy (non-hydrogen) atoms. The number of thiophene rings is 1.